The minimum absolute atomic E-state index is 0.872. The zero-order chi connectivity index (χ0) is 10.6. The molecule has 0 atom stereocenters. The van der Waals surface area contributed by atoms with E-state index in [1.807, 2.05) is 6.07 Å². The van der Waals surface area contributed by atoms with Crippen LogP contribution >= 0.6 is 11.3 Å². The molecule has 3 heteroatoms. The fourth-order valence-corrected chi connectivity index (χ4v) is 5.88. The van der Waals surface area contributed by atoms with E-state index in [4.69, 9.17) is 0 Å². The average molecular weight is 226 g/mol. The lowest BCUT2D eigenvalue weighted by molar-refractivity contribution is 0.112. The summed E-state index contributed by atoms with van der Waals surface area (Å²) in [6.45, 7) is 7.02. The molecule has 0 radical (unpaired) electrons. The number of carbonyl (C=O) groups excluding carboxylic acids is 1. The number of unbranched alkanes of at least 4 members (excludes halogenated alkanes) is 1. The minimum Gasteiger partial charge on any atom is -0.297 e. The van der Waals surface area contributed by atoms with Gasteiger partial charge in [0, 0.05) is 0 Å². The monoisotopic (exact) mass is 226 g/mol. The van der Waals surface area contributed by atoms with Crippen molar-refractivity contribution in [2.45, 2.75) is 38.9 Å². The first kappa shape index (κ1) is 11.7. The van der Waals surface area contributed by atoms with Crippen LogP contribution in [0.2, 0.25) is 19.1 Å². The first-order valence-corrected chi connectivity index (χ1v) is 9.18. The van der Waals surface area contributed by atoms with Gasteiger partial charge in [0.2, 0.25) is 0 Å². The second kappa shape index (κ2) is 4.89. The lowest BCUT2D eigenvalue weighted by Gasteiger charge is -2.19. The molecule has 0 unspecified atom stereocenters. The summed E-state index contributed by atoms with van der Waals surface area (Å²) in [4.78, 5) is 11.5. The standard InChI is InChI=1S/C11H18OSSi/c1-4-5-8-14(2,3)11-7-6-10(9-12)13-11/h6-7,9H,4-5,8H2,1-3H3. The van der Waals surface area contributed by atoms with Gasteiger partial charge in [-0.1, -0.05) is 45.0 Å². The van der Waals surface area contributed by atoms with Gasteiger partial charge in [-0.3, -0.25) is 4.79 Å². The smallest absolute Gasteiger partial charge is 0.159 e. The van der Waals surface area contributed by atoms with E-state index in [1.54, 1.807) is 11.3 Å². The molecule has 1 nitrogen and oxygen atoms in total. The quantitative estimate of drug-likeness (QED) is 0.556. The Hall–Kier alpha value is -0.413. The van der Waals surface area contributed by atoms with Crippen molar-refractivity contribution in [3.05, 3.63) is 17.0 Å². The van der Waals surface area contributed by atoms with E-state index in [0.29, 0.717) is 0 Å². The van der Waals surface area contributed by atoms with Gasteiger partial charge < -0.3 is 0 Å². The molecular weight excluding hydrogens is 208 g/mol. The Labute approximate surface area is 91.2 Å². The molecule has 0 aliphatic heterocycles. The van der Waals surface area contributed by atoms with Crippen molar-refractivity contribution in [1.82, 2.24) is 0 Å². The zero-order valence-electron chi connectivity index (χ0n) is 9.17. The summed E-state index contributed by atoms with van der Waals surface area (Å²) < 4.78 is 1.47. The number of carbonyl (C=O) groups is 1. The Balaban J connectivity index is 2.75. The molecule has 0 amide bonds. The van der Waals surface area contributed by atoms with Crippen LogP contribution in [0, 0.1) is 0 Å². The summed E-state index contributed by atoms with van der Waals surface area (Å²) in [7, 11) is -1.24. The first-order chi connectivity index (χ1) is 6.60. The second-order valence-electron chi connectivity index (χ2n) is 4.31. The van der Waals surface area contributed by atoms with Gasteiger partial charge in [0.05, 0.1) is 13.0 Å². The van der Waals surface area contributed by atoms with Gasteiger partial charge in [-0.05, 0) is 10.6 Å². The average Bonchev–Trinajstić information content (AvgIpc) is 2.63. The highest BCUT2D eigenvalue weighted by Gasteiger charge is 2.24. The summed E-state index contributed by atoms with van der Waals surface area (Å²) in [6, 6.07) is 5.44. The Morgan fingerprint density at radius 2 is 2.14 bits per heavy atom. The van der Waals surface area contributed by atoms with E-state index in [-0.39, 0.29) is 0 Å². The van der Waals surface area contributed by atoms with Crippen molar-refractivity contribution in [1.29, 1.82) is 0 Å². The predicted octanol–water partition coefficient (Wildman–Crippen LogP) is 3.28. The predicted molar refractivity (Wildman–Crippen MR) is 66.5 cm³/mol. The summed E-state index contributed by atoms with van der Waals surface area (Å²) in [5.41, 5.74) is 0. The number of aldehydes is 1. The Bertz CT molecular complexity index is 304. The van der Waals surface area contributed by atoms with E-state index >= 15 is 0 Å². The molecule has 1 aromatic heterocycles. The summed E-state index contributed by atoms with van der Waals surface area (Å²) in [5, 5.41) is 0. The van der Waals surface area contributed by atoms with Crippen molar-refractivity contribution < 1.29 is 4.79 Å². The Morgan fingerprint density at radius 1 is 1.43 bits per heavy atom. The molecule has 0 spiro atoms. The van der Waals surface area contributed by atoms with Crippen LogP contribution in [-0.4, -0.2) is 14.4 Å². The summed E-state index contributed by atoms with van der Waals surface area (Å²) >= 11 is 1.68. The van der Waals surface area contributed by atoms with Crippen molar-refractivity contribution >= 4 is 30.2 Å². The number of hydrogen-bond donors (Lipinski definition) is 0. The first-order valence-electron chi connectivity index (χ1n) is 5.15. The maximum absolute atomic E-state index is 10.6. The van der Waals surface area contributed by atoms with Gasteiger partial charge in [-0.25, -0.2) is 0 Å². The van der Waals surface area contributed by atoms with Crippen LogP contribution in [0.25, 0.3) is 0 Å². The maximum atomic E-state index is 10.6. The minimum atomic E-state index is -1.24. The van der Waals surface area contributed by atoms with Crippen LogP contribution in [0.15, 0.2) is 12.1 Å². The maximum Gasteiger partial charge on any atom is 0.159 e. The lowest BCUT2D eigenvalue weighted by atomic mass is 10.4. The molecule has 1 rings (SSSR count). The normalized spacial score (nSPS) is 11.6. The fraction of sp³-hybridized carbons (Fsp3) is 0.545. The highest BCUT2D eigenvalue weighted by Crippen LogP contribution is 2.18. The van der Waals surface area contributed by atoms with Crippen molar-refractivity contribution in [2.24, 2.45) is 0 Å². The third-order valence-electron chi connectivity index (χ3n) is 2.57. The van der Waals surface area contributed by atoms with Crippen LogP contribution in [0.4, 0.5) is 0 Å². The second-order valence-corrected chi connectivity index (χ2v) is 10.6. The van der Waals surface area contributed by atoms with Crippen LogP contribution in [0.5, 0.6) is 0 Å². The lowest BCUT2D eigenvalue weighted by Crippen LogP contribution is -2.38. The Kier molecular flexibility index (Phi) is 4.07. The van der Waals surface area contributed by atoms with Crippen LogP contribution in [-0.2, 0) is 0 Å². The number of rotatable bonds is 5. The highest BCUT2D eigenvalue weighted by atomic mass is 32.1. The molecule has 1 heterocycles. The summed E-state index contributed by atoms with van der Waals surface area (Å²) in [6.07, 6.45) is 3.54. The third-order valence-corrected chi connectivity index (χ3v) is 8.46. The molecule has 1 aromatic rings. The molecular formula is C11H18OSSi. The molecule has 0 bridgehead atoms. The van der Waals surface area contributed by atoms with Crippen LogP contribution in [0.1, 0.15) is 29.4 Å². The molecule has 0 aliphatic carbocycles. The molecule has 78 valence electrons. The van der Waals surface area contributed by atoms with Gasteiger partial charge in [0.1, 0.15) is 0 Å². The summed E-state index contributed by atoms with van der Waals surface area (Å²) in [5.74, 6) is 0. The van der Waals surface area contributed by atoms with Gasteiger partial charge in [0.15, 0.2) is 6.29 Å². The van der Waals surface area contributed by atoms with Crippen molar-refractivity contribution in [2.75, 3.05) is 0 Å². The fourth-order valence-electron chi connectivity index (χ4n) is 1.52. The SMILES string of the molecule is CCCC[Si](C)(C)c1ccc(C=O)s1. The van der Waals surface area contributed by atoms with E-state index in [9.17, 15) is 4.79 Å². The van der Waals surface area contributed by atoms with Gasteiger partial charge in [-0.15, -0.1) is 11.3 Å². The van der Waals surface area contributed by atoms with Crippen molar-refractivity contribution in [3.63, 3.8) is 0 Å². The molecule has 14 heavy (non-hydrogen) atoms. The largest absolute Gasteiger partial charge is 0.297 e. The number of thiophene rings is 1. The molecule has 0 aromatic carbocycles. The molecule has 0 N–H and O–H groups in total. The van der Waals surface area contributed by atoms with E-state index in [1.165, 1.54) is 23.4 Å². The third kappa shape index (κ3) is 2.79. The molecule has 0 fully saturated rings. The molecule has 0 saturated heterocycles. The van der Waals surface area contributed by atoms with Gasteiger partial charge in [-0.2, -0.15) is 0 Å². The topological polar surface area (TPSA) is 17.1 Å². The van der Waals surface area contributed by atoms with Crippen molar-refractivity contribution in [3.8, 4) is 0 Å². The zero-order valence-corrected chi connectivity index (χ0v) is 11.0. The van der Waals surface area contributed by atoms with E-state index in [2.05, 4.69) is 26.1 Å². The van der Waals surface area contributed by atoms with Gasteiger partial charge in [0.25, 0.3) is 0 Å². The van der Waals surface area contributed by atoms with Crippen LogP contribution in [0.3, 0.4) is 0 Å². The molecule has 0 saturated carbocycles. The number of hydrogen-bond acceptors (Lipinski definition) is 2. The van der Waals surface area contributed by atoms with E-state index < -0.39 is 8.07 Å². The molecule has 0 aliphatic rings. The van der Waals surface area contributed by atoms with E-state index in [0.717, 1.165) is 11.2 Å². The van der Waals surface area contributed by atoms with Crippen LogP contribution < -0.4 is 4.50 Å². The highest BCUT2D eigenvalue weighted by molar-refractivity contribution is 7.27. The van der Waals surface area contributed by atoms with Gasteiger partial charge >= 0.3 is 0 Å². The Morgan fingerprint density at radius 3 is 2.64 bits per heavy atom.